The molecule has 194 valence electrons. The third-order valence-corrected chi connectivity index (χ3v) is 6.77. The number of amides is 1. The van der Waals surface area contributed by atoms with Crippen LogP contribution >= 0.6 is 0 Å². The van der Waals surface area contributed by atoms with Crippen molar-refractivity contribution in [2.75, 3.05) is 13.2 Å². The predicted octanol–water partition coefficient (Wildman–Crippen LogP) is 5.26. The summed E-state index contributed by atoms with van der Waals surface area (Å²) >= 11 is 0. The number of nitrogens with one attached hydrogen (secondary N) is 1. The first kappa shape index (κ1) is 26.5. The Bertz CT molecular complexity index is 1350. The molecule has 4 rings (SSSR count). The van der Waals surface area contributed by atoms with E-state index in [0.29, 0.717) is 47.4 Å². The number of carbonyl (C=O) groups excluding carboxylic acids is 1. The number of benzene rings is 1. The second kappa shape index (κ2) is 12.1. The second-order valence-electron chi connectivity index (χ2n) is 9.24. The number of nitriles is 1. The van der Waals surface area contributed by atoms with E-state index >= 15 is 0 Å². The van der Waals surface area contributed by atoms with Gasteiger partial charge in [-0.2, -0.15) is 5.26 Å². The molecule has 38 heavy (non-hydrogen) atoms. The lowest BCUT2D eigenvalue weighted by Gasteiger charge is -2.27. The van der Waals surface area contributed by atoms with Crippen molar-refractivity contribution >= 4 is 11.9 Å². The number of hydrogen-bond donors (Lipinski definition) is 2. The first-order valence-corrected chi connectivity index (χ1v) is 12.5. The van der Waals surface area contributed by atoms with E-state index in [1.807, 2.05) is 0 Å². The zero-order chi connectivity index (χ0) is 27.1. The van der Waals surface area contributed by atoms with Crippen LogP contribution in [0.5, 0.6) is 11.5 Å². The number of nitrogens with zero attached hydrogens (tertiary/aromatic N) is 1. The Hall–Kier alpha value is -4.57. The number of carboxylic acids is 1. The van der Waals surface area contributed by atoms with Gasteiger partial charge in [-0.15, -0.1) is 0 Å². The van der Waals surface area contributed by atoms with Gasteiger partial charge < -0.3 is 19.9 Å². The van der Waals surface area contributed by atoms with Gasteiger partial charge >= 0.3 is 5.97 Å². The van der Waals surface area contributed by atoms with Gasteiger partial charge in [0.2, 0.25) is 0 Å². The monoisotopic (exact) mass is 510 g/mol. The molecule has 1 aromatic carbocycles. The highest BCUT2D eigenvalue weighted by Gasteiger charge is 2.29. The lowest BCUT2D eigenvalue weighted by atomic mass is 9.78. The number of aliphatic carboxylic acids is 1. The highest BCUT2D eigenvalue weighted by Crippen LogP contribution is 2.39. The van der Waals surface area contributed by atoms with Crippen LogP contribution in [0.25, 0.3) is 0 Å². The van der Waals surface area contributed by atoms with Crippen LogP contribution in [0, 0.1) is 23.2 Å². The molecule has 0 bridgehead atoms. The maximum atomic E-state index is 12.7. The van der Waals surface area contributed by atoms with Crippen molar-refractivity contribution in [2.45, 2.75) is 25.7 Å². The average molecular weight is 511 g/mol. The van der Waals surface area contributed by atoms with Gasteiger partial charge in [0.25, 0.3) is 5.91 Å². The molecule has 0 saturated heterocycles. The van der Waals surface area contributed by atoms with E-state index in [4.69, 9.17) is 9.47 Å². The van der Waals surface area contributed by atoms with Crippen molar-refractivity contribution in [2.24, 2.45) is 11.8 Å². The molecule has 1 aromatic rings. The topological polar surface area (TPSA) is 109 Å². The Morgan fingerprint density at radius 1 is 1.24 bits per heavy atom. The minimum absolute atomic E-state index is 0.205. The van der Waals surface area contributed by atoms with Gasteiger partial charge in [-0.05, 0) is 38.0 Å². The van der Waals surface area contributed by atoms with Crippen LogP contribution in [0.1, 0.15) is 36.8 Å². The Balaban J connectivity index is 1.39. The first-order valence-electron chi connectivity index (χ1n) is 12.5. The van der Waals surface area contributed by atoms with Gasteiger partial charge in [0.1, 0.15) is 23.3 Å². The summed E-state index contributed by atoms with van der Waals surface area (Å²) in [5.74, 6) is -0.145. The molecule has 0 saturated carbocycles. The molecule has 1 heterocycles. The highest BCUT2D eigenvalue weighted by molar-refractivity contribution is 5.96. The second-order valence-corrected chi connectivity index (χ2v) is 9.24. The summed E-state index contributed by atoms with van der Waals surface area (Å²) in [5.41, 5.74) is 2.33. The number of allylic oxidation sites excluding steroid dienone is 10. The van der Waals surface area contributed by atoms with Crippen LogP contribution in [-0.2, 0) is 9.59 Å². The number of hydrogen-bond acceptors (Lipinski definition) is 5. The van der Waals surface area contributed by atoms with Gasteiger partial charge in [-0.25, -0.2) is 0 Å². The summed E-state index contributed by atoms with van der Waals surface area (Å²) in [5, 5.41) is 22.0. The zero-order valence-corrected chi connectivity index (χ0v) is 21.2. The number of fused-ring (bicyclic) bond motifs is 2. The third kappa shape index (κ3) is 6.04. The molecular formula is C31H30N2O5. The molecule has 0 spiro atoms. The fourth-order valence-electron chi connectivity index (χ4n) is 4.77. The molecule has 7 nitrogen and oxygen atoms in total. The molecule has 0 aromatic heterocycles. The number of carboxylic acid groups (broad SMARTS) is 1. The predicted molar refractivity (Wildman–Crippen MR) is 144 cm³/mol. The molecule has 2 aliphatic carbocycles. The maximum Gasteiger partial charge on any atom is 0.311 e. The largest absolute Gasteiger partial charge is 0.493 e. The summed E-state index contributed by atoms with van der Waals surface area (Å²) in [7, 11) is 0. The van der Waals surface area contributed by atoms with Crippen molar-refractivity contribution in [1.29, 1.82) is 5.26 Å². The van der Waals surface area contributed by atoms with Crippen LogP contribution in [0.15, 0.2) is 96.4 Å². The molecular weight excluding hydrogens is 480 g/mol. The molecule has 1 amide bonds. The van der Waals surface area contributed by atoms with Crippen LogP contribution in [0.3, 0.4) is 0 Å². The van der Waals surface area contributed by atoms with Crippen molar-refractivity contribution in [1.82, 2.24) is 5.32 Å². The van der Waals surface area contributed by atoms with E-state index in [-0.39, 0.29) is 23.8 Å². The molecule has 0 fully saturated rings. The molecule has 3 aliphatic rings. The summed E-state index contributed by atoms with van der Waals surface area (Å²) in [6.45, 7) is 6.22. The zero-order valence-electron chi connectivity index (χ0n) is 21.2. The summed E-state index contributed by atoms with van der Waals surface area (Å²) in [4.78, 5) is 24.3. The van der Waals surface area contributed by atoms with Gasteiger partial charge in [0, 0.05) is 35.6 Å². The minimum atomic E-state index is -0.956. The van der Waals surface area contributed by atoms with E-state index in [2.05, 4.69) is 60.5 Å². The smallest absolute Gasteiger partial charge is 0.311 e. The maximum absolute atomic E-state index is 12.7. The Morgan fingerprint density at radius 3 is 2.79 bits per heavy atom. The molecule has 3 atom stereocenters. The lowest BCUT2D eigenvalue weighted by Crippen LogP contribution is -2.27. The summed E-state index contributed by atoms with van der Waals surface area (Å²) in [6, 6.07) is 5.11. The average Bonchev–Trinajstić information content (AvgIpc) is 2.92. The minimum Gasteiger partial charge on any atom is -0.493 e. The highest BCUT2D eigenvalue weighted by atomic mass is 16.5. The lowest BCUT2D eigenvalue weighted by molar-refractivity contribution is -0.139. The molecule has 2 unspecified atom stereocenters. The van der Waals surface area contributed by atoms with E-state index in [0.717, 1.165) is 6.42 Å². The number of rotatable bonds is 9. The van der Waals surface area contributed by atoms with E-state index in [1.54, 1.807) is 25.1 Å². The molecule has 1 aliphatic heterocycles. The SMILES string of the molecule is C=C/C(=C\C=C(/C)Oc1cc2c(cc1C#N)C(C(=O)O)CCO2)C(=O)NCCC1=CC=C[C@@H]2C=CC=CC12. The number of ether oxygens (including phenoxy) is 2. The Kier molecular flexibility index (Phi) is 8.44. The molecule has 7 heteroatoms. The molecule has 2 N–H and O–H groups in total. The van der Waals surface area contributed by atoms with Crippen molar-refractivity contribution < 1.29 is 24.2 Å². The standard InChI is InChI=1S/C31H30N2O5/c1-3-21(30(34)33-15-13-23-9-6-8-22-7-4-5-10-25(22)23)12-11-20(2)38-28-18-29-27(17-24(28)19-32)26(31(35)36)14-16-37-29/h3-12,17-18,22,25-26H,1,13-16H2,2H3,(H,33,34)(H,35,36)/b20-11+,21-12+/t22-,25?,26?/m0/s1. The Labute approximate surface area is 222 Å². The fourth-order valence-corrected chi connectivity index (χ4v) is 4.77. The van der Waals surface area contributed by atoms with E-state index in [9.17, 15) is 20.0 Å². The summed E-state index contributed by atoms with van der Waals surface area (Å²) < 4.78 is 11.5. The van der Waals surface area contributed by atoms with Crippen LogP contribution in [0.2, 0.25) is 0 Å². The third-order valence-electron chi connectivity index (χ3n) is 6.77. The van der Waals surface area contributed by atoms with Gasteiger partial charge in [-0.1, -0.05) is 60.8 Å². The first-order chi connectivity index (χ1) is 18.4. The van der Waals surface area contributed by atoms with E-state index in [1.165, 1.54) is 17.7 Å². The van der Waals surface area contributed by atoms with E-state index < -0.39 is 11.9 Å². The van der Waals surface area contributed by atoms with Crippen molar-refractivity contribution in [3.63, 3.8) is 0 Å². The molecule has 0 radical (unpaired) electrons. The van der Waals surface area contributed by atoms with Crippen LogP contribution < -0.4 is 14.8 Å². The number of carbonyl (C=O) groups is 2. The van der Waals surface area contributed by atoms with Gasteiger partial charge in [0.15, 0.2) is 0 Å². The van der Waals surface area contributed by atoms with Crippen LogP contribution in [-0.4, -0.2) is 30.1 Å². The van der Waals surface area contributed by atoms with Gasteiger partial charge in [0.05, 0.1) is 18.1 Å². The summed E-state index contributed by atoms with van der Waals surface area (Å²) in [6.07, 6.45) is 20.7. The Morgan fingerprint density at radius 2 is 2.03 bits per heavy atom. The normalized spacial score (nSPS) is 21.8. The van der Waals surface area contributed by atoms with Crippen molar-refractivity contribution in [3.05, 3.63) is 108 Å². The van der Waals surface area contributed by atoms with Gasteiger partial charge in [-0.3, -0.25) is 9.59 Å². The van der Waals surface area contributed by atoms with Crippen LogP contribution in [0.4, 0.5) is 0 Å². The van der Waals surface area contributed by atoms with Crippen molar-refractivity contribution in [3.8, 4) is 17.6 Å². The quantitative estimate of drug-likeness (QED) is 0.266. The fraction of sp³-hybridized carbons (Fsp3) is 0.258.